The molecule has 0 aromatic heterocycles. The third-order valence-corrected chi connectivity index (χ3v) is 3.58. The zero-order chi connectivity index (χ0) is 15.6. The van der Waals surface area contributed by atoms with Crippen LogP contribution in [0.5, 0.6) is 0 Å². The van der Waals surface area contributed by atoms with E-state index in [1.807, 2.05) is 0 Å². The van der Waals surface area contributed by atoms with E-state index in [4.69, 9.17) is 18.9 Å². The minimum Gasteiger partial charge on any atom is -0.373 e. The molecule has 2 saturated heterocycles. The van der Waals surface area contributed by atoms with Crippen LogP contribution < -0.4 is 0 Å². The molecule has 2 rings (SSSR count). The normalized spacial score (nSPS) is 29.6. The van der Waals surface area contributed by atoms with Gasteiger partial charge in [0.05, 0.1) is 26.3 Å². The first-order valence-electron chi connectivity index (χ1n) is 7.40. The number of hydrogen-bond acceptors (Lipinski definition) is 8. The highest BCUT2D eigenvalue weighted by atomic mass is 16.6. The summed E-state index contributed by atoms with van der Waals surface area (Å²) in [5.74, 6) is 0. The number of isocyanates is 2. The summed E-state index contributed by atoms with van der Waals surface area (Å²) < 4.78 is 22.9. The molecular formula is C14H20N2O6. The fourth-order valence-electron chi connectivity index (χ4n) is 2.56. The highest BCUT2D eigenvalue weighted by Crippen LogP contribution is 2.30. The van der Waals surface area contributed by atoms with Crippen molar-refractivity contribution in [3.05, 3.63) is 0 Å². The van der Waals surface area contributed by atoms with Crippen molar-refractivity contribution in [2.75, 3.05) is 39.5 Å². The molecule has 4 atom stereocenters. The molecule has 0 aromatic carbocycles. The smallest absolute Gasteiger partial charge is 0.234 e. The molecule has 8 nitrogen and oxygen atoms in total. The van der Waals surface area contributed by atoms with E-state index in [0.717, 1.165) is 0 Å². The molecule has 122 valence electrons. The van der Waals surface area contributed by atoms with E-state index in [0.29, 0.717) is 52.4 Å². The van der Waals surface area contributed by atoms with E-state index in [-0.39, 0.29) is 24.4 Å². The zero-order valence-corrected chi connectivity index (χ0v) is 12.3. The van der Waals surface area contributed by atoms with E-state index < -0.39 is 0 Å². The molecule has 2 heterocycles. The Labute approximate surface area is 128 Å². The third-order valence-electron chi connectivity index (χ3n) is 3.58. The van der Waals surface area contributed by atoms with E-state index >= 15 is 0 Å². The van der Waals surface area contributed by atoms with Crippen molar-refractivity contribution in [3.63, 3.8) is 0 Å². The quantitative estimate of drug-likeness (QED) is 0.320. The minimum absolute atomic E-state index is 0.113. The molecule has 0 aromatic rings. The van der Waals surface area contributed by atoms with Crippen LogP contribution in [0.15, 0.2) is 9.98 Å². The van der Waals surface area contributed by atoms with Crippen molar-refractivity contribution in [1.82, 2.24) is 0 Å². The van der Waals surface area contributed by atoms with Gasteiger partial charge in [-0.25, -0.2) is 19.6 Å². The second-order valence-corrected chi connectivity index (χ2v) is 5.07. The molecule has 22 heavy (non-hydrogen) atoms. The first-order chi connectivity index (χ1) is 10.9. The van der Waals surface area contributed by atoms with Gasteiger partial charge in [-0.15, -0.1) is 0 Å². The second kappa shape index (κ2) is 9.58. The predicted molar refractivity (Wildman–Crippen MR) is 74.2 cm³/mol. The van der Waals surface area contributed by atoms with Crippen LogP contribution in [0.4, 0.5) is 0 Å². The Kier molecular flexibility index (Phi) is 7.39. The number of ether oxygens (including phenoxy) is 4. The van der Waals surface area contributed by atoms with E-state index in [1.54, 1.807) is 0 Å². The van der Waals surface area contributed by atoms with Crippen LogP contribution in [0, 0.1) is 0 Å². The molecule has 0 N–H and O–H groups in total. The number of carbonyl (C=O) groups excluding carboxylic acids is 2. The highest BCUT2D eigenvalue weighted by molar-refractivity contribution is 5.32. The average molecular weight is 312 g/mol. The first kappa shape index (κ1) is 17.0. The summed E-state index contributed by atoms with van der Waals surface area (Å²) in [6.07, 6.45) is 3.87. The summed E-state index contributed by atoms with van der Waals surface area (Å²) in [5.41, 5.74) is 0. The largest absolute Gasteiger partial charge is 0.373 e. The monoisotopic (exact) mass is 312 g/mol. The highest BCUT2D eigenvalue weighted by Gasteiger charge is 2.48. The lowest BCUT2D eigenvalue weighted by Crippen LogP contribution is -2.34. The van der Waals surface area contributed by atoms with Gasteiger partial charge in [0.25, 0.3) is 0 Å². The standard InChI is InChI=1S/C14H20N2O6/c17-9-15-3-1-5-19-11-7-21-14-12(8-22-13(11)14)20-6-2-4-16-10-18/h11-14H,1-8H2/t11-,12-,13?,14?/m1/s1. The van der Waals surface area contributed by atoms with Gasteiger partial charge in [0, 0.05) is 13.2 Å². The van der Waals surface area contributed by atoms with E-state index in [9.17, 15) is 9.59 Å². The van der Waals surface area contributed by atoms with Gasteiger partial charge >= 0.3 is 0 Å². The van der Waals surface area contributed by atoms with Crippen molar-refractivity contribution < 1.29 is 28.5 Å². The molecule has 2 aliphatic rings. The second-order valence-electron chi connectivity index (χ2n) is 5.07. The van der Waals surface area contributed by atoms with Crippen LogP contribution in [0.2, 0.25) is 0 Å². The molecule has 0 aliphatic carbocycles. The lowest BCUT2D eigenvalue weighted by molar-refractivity contribution is -0.0503. The maximum Gasteiger partial charge on any atom is 0.234 e. The molecule has 8 heteroatoms. The number of hydrogen-bond donors (Lipinski definition) is 0. The average Bonchev–Trinajstić information content (AvgIpc) is 3.10. The Hall–Kier alpha value is -1.40. The van der Waals surface area contributed by atoms with Crippen LogP contribution in [-0.2, 0) is 28.5 Å². The van der Waals surface area contributed by atoms with Gasteiger partial charge in [-0.05, 0) is 12.8 Å². The molecule has 2 aliphatic heterocycles. The van der Waals surface area contributed by atoms with E-state index in [1.165, 1.54) is 12.2 Å². The first-order valence-corrected chi connectivity index (χ1v) is 7.40. The van der Waals surface area contributed by atoms with Crippen LogP contribution >= 0.6 is 0 Å². The fourth-order valence-corrected chi connectivity index (χ4v) is 2.56. The maximum absolute atomic E-state index is 9.94. The Bertz CT molecular complexity index is 393. The van der Waals surface area contributed by atoms with Crippen LogP contribution in [0.1, 0.15) is 12.8 Å². The summed E-state index contributed by atoms with van der Waals surface area (Å²) in [6.45, 7) is 2.78. The molecular weight excluding hydrogens is 292 g/mol. The lowest BCUT2D eigenvalue weighted by Gasteiger charge is -2.17. The van der Waals surface area contributed by atoms with Gasteiger partial charge in [-0.1, -0.05) is 0 Å². The van der Waals surface area contributed by atoms with Crippen molar-refractivity contribution in [3.8, 4) is 0 Å². The van der Waals surface area contributed by atoms with Crippen molar-refractivity contribution in [1.29, 1.82) is 0 Å². The molecule has 0 radical (unpaired) electrons. The molecule has 2 unspecified atom stereocenters. The number of nitrogens with zero attached hydrogens (tertiary/aromatic N) is 2. The van der Waals surface area contributed by atoms with Gasteiger partial charge in [-0.2, -0.15) is 0 Å². The molecule has 0 saturated carbocycles. The van der Waals surface area contributed by atoms with Gasteiger partial charge in [0.2, 0.25) is 12.2 Å². The lowest BCUT2D eigenvalue weighted by atomic mass is 10.1. The molecule has 0 spiro atoms. The van der Waals surface area contributed by atoms with Gasteiger partial charge in [-0.3, -0.25) is 0 Å². The van der Waals surface area contributed by atoms with E-state index in [2.05, 4.69) is 9.98 Å². The van der Waals surface area contributed by atoms with Gasteiger partial charge in [0.15, 0.2) is 0 Å². The Morgan fingerprint density at radius 1 is 0.864 bits per heavy atom. The van der Waals surface area contributed by atoms with Crippen molar-refractivity contribution in [2.45, 2.75) is 37.3 Å². The SMILES string of the molecule is O=C=NCCCO[C@@H]1COC2C1OC[C@H]2OCCCN=C=O. The van der Waals surface area contributed by atoms with Crippen molar-refractivity contribution in [2.24, 2.45) is 9.98 Å². The summed E-state index contributed by atoms with van der Waals surface area (Å²) in [4.78, 5) is 26.8. The Balaban J connectivity index is 1.65. The fraction of sp³-hybridized carbons (Fsp3) is 0.857. The molecule has 0 bridgehead atoms. The van der Waals surface area contributed by atoms with Gasteiger partial charge in [0.1, 0.15) is 24.4 Å². The Morgan fingerprint density at radius 2 is 1.32 bits per heavy atom. The summed E-state index contributed by atoms with van der Waals surface area (Å²) in [7, 11) is 0. The number of aliphatic imine (C=N–C) groups is 2. The summed E-state index contributed by atoms with van der Waals surface area (Å²) in [6, 6.07) is 0. The summed E-state index contributed by atoms with van der Waals surface area (Å²) >= 11 is 0. The van der Waals surface area contributed by atoms with Crippen LogP contribution in [-0.4, -0.2) is 76.1 Å². The maximum atomic E-state index is 9.94. The molecule has 2 fully saturated rings. The minimum atomic E-state index is -0.118. The van der Waals surface area contributed by atoms with Gasteiger partial charge < -0.3 is 18.9 Å². The number of fused-ring (bicyclic) bond motifs is 1. The third kappa shape index (κ3) is 4.81. The topological polar surface area (TPSA) is 95.8 Å². The van der Waals surface area contributed by atoms with Crippen molar-refractivity contribution >= 4 is 12.2 Å². The van der Waals surface area contributed by atoms with Crippen LogP contribution in [0.25, 0.3) is 0 Å². The molecule has 0 amide bonds. The summed E-state index contributed by atoms with van der Waals surface area (Å²) in [5, 5.41) is 0. The predicted octanol–water partition coefficient (Wildman–Crippen LogP) is 0.00620. The van der Waals surface area contributed by atoms with Crippen LogP contribution in [0.3, 0.4) is 0 Å². The number of rotatable bonds is 10. The Morgan fingerprint density at radius 3 is 1.73 bits per heavy atom. The zero-order valence-electron chi connectivity index (χ0n) is 12.3.